The number of aromatic nitrogens is 3. The number of amides is 2. The summed E-state index contributed by atoms with van der Waals surface area (Å²) in [6.45, 7) is 2.18. The number of ether oxygens (including phenoxy) is 2. The van der Waals surface area contributed by atoms with Gasteiger partial charge in [0, 0.05) is 43.5 Å². The molecule has 3 aliphatic rings. The maximum absolute atomic E-state index is 13.3. The van der Waals surface area contributed by atoms with Gasteiger partial charge in [-0.3, -0.25) is 19.3 Å². The second-order valence-electron chi connectivity index (χ2n) is 9.28. The van der Waals surface area contributed by atoms with Crippen molar-refractivity contribution in [3.8, 4) is 11.5 Å². The van der Waals surface area contributed by atoms with Gasteiger partial charge in [-0.05, 0) is 43.0 Å². The van der Waals surface area contributed by atoms with E-state index in [0.29, 0.717) is 49.2 Å². The second-order valence-corrected chi connectivity index (χ2v) is 9.28. The first kappa shape index (κ1) is 21.6. The summed E-state index contributed by atoms with van der Waals surface area (Å²) in [5, 5.41) is 7.65. The summed E-state index contributed by atoms with van der Waals surface area (Å²) in [5.41, 5.74) is 3.04. The summed E-state index contributed by atoms with van der Waals surface area (Å²) in [6.07, 6.45) is 4.03. The third kappa shape index (κ3) is 4.45. The highest BCUT2D eigenvalue weighted by molar-refractivity contribution is 5.94. The Morgan fingerprint density at radius 1 is 1.09 bits per heavy atom. The fourth-order valence-corrected chi connectivity index (χ4v) is 4.66. The highest BCUT2D eigenvalue weighted by atomic mass is 16.6. The van der Waals surface area contributed by atoms with Gasteiger partial charge < -0.3 is 19.7 Å². The summed E-state index contributed by atoms with van der Waals surface area (Å²) in [5.74, 6) is 1.45. The molecular formula is C26H27N5O4. The zero-order chi connectivity index (χ0) is 23.8. The van der Waals surface area contributed by atoms with Gasteiger partial charge in [0.2, 0.25) is 6.10 Å². The molecule has 1 N–H and O–H groups in total. The van der Waals surface area contributed by atoms with Crippen molar-refractivity contribution < 1.29 is 19.1 Å². The minimum Gasteiger partial charge on any atom is -0.485 e. The van der Waals surface area contributed by atoms with Crippen molar-refractivity contribution in [2.24, 2.45) is 5.92 Å². The third-order valence-electron chi connectivity index (χ3n) is 6.73. The number of benzene rings is 1. The van der Waals surface area contributed by atoms with E-state index in [9.17, 15) is 9.59 Å². The van der Waals surface area contributed by atoms with E-state index in [2.05, 4.69) is 10.3 Å². The number of fused-ring (bicyclic) bond motifs is 2. The number of nitrogens with one attached hydrogen (secondary N) is 1. The van der Waals surface area contributed by atoms with Crippen molar-refractivity contribution in [2.45, 2.75) is 45.0 Å². The van der Waals surface area contributed by atoms with E-state index in [1.165, 1.54) is 12.8 Å². The van der Waals surface area contributed by atoms with Crippen LogP contribution in [0.15, 0.2) is 48.7 Å². The van der Waals surface area contributed by atoms with Crippen molar-refractivity contribution in [2.75, 3.05) is 13.2 Å². The summed E-state index contributed by atoms with van der Waals surface area (Å²) >= 11 is 0. The number of pyridine rings is 1. The van der Waals surface area contributed by atoms with Gasteiger partial charge >= 0.3 is 0 Å². The molecule has 0 radical (unpaired) electrons. The molecule has 6 rings (SSSR count). The van der Waals surface area contributed by atoms with E-state index in [1.807, 2.05) is 41.1 Å². The van der Waals surface area contributed by atoms with Crippen LogP contribution < -0.4 is 14.8 Å². The average molecular weight is 474 g/mol. The lowest BCUT2D eigenvalue weighted by atomic mass is 10.0. The van der Waals surface area contributed by atoms with Crippen LogP contribution in [0.25, 0.3) is 0 Å². The van der Waals surface area contributed by atoms with Crippen LogP contribution in [0.3, 0.4) is 0 Å². The van der Waals surface area contributed by atoms with E-state index >= 15 is 0 Å². The van der Waals surface area contributed by atoms with E-state index in [1.54, 1.807) is 17.2 Å². The Balaban J connectivity index is 1.21. The van der Waals surface area contributed by atoms with Crippen molar-refractivity contribution in [1.82, 2.24) is 25.0 Å². The molecule has 1 aliphatic carbocycles. The molecule has 0 spiro atoms. The first-order valence-electron chi connectivity index (χ1n) is 12.1. The molecule has 0 bridgehead atoms. The Hall–Kier alpha value is -3.88. The fraction of sp³-hybridized carbons (Fsp3) is 0.385. The lowest BCUT2D eigenvalue weighted by Crippen LogP contribution is -2.48. The van der Waals surface area contributed by atoms with E-state index in [4.69, 9.17) is 14.6 Å². The normalized spacial score (nSPS) is 18.6. The molecule has 1 atom stereocenters. The standard InChI is InChI=1S/C26H27N5O4/c32-25(28-13-18-5-3-4-11-27-18)24-19-15-30(12-10-20(19)31(29-24)14-17-8-9-17)26(33)23-16-34-21-6-1-2-7-22(21)35-23/h1-7,11,17,23H,8-10,12-16H2,(H,28,32). The molecule has 1 saturated carbocycles. The Morgan fingerprint density at radius 2 is 1.91 bits per heavy atom. The van der Waals surface area contributed by atoms with Gasteiger partial charge in [-0.2, -0.15) is 5.10 Å². The van der Waals surface area contributed by atoms with Crippen molar-refractivity contribution in [3.63, 3.8) is 0 Å². The van der Waals surface area contributed by atoms with Crippen LogP contribution in [0, 0.1) is 5.92 Å². The molecule has 2 amide bonds. The smallest absolute Gasteiger partial charge is 0.272 e. The van der Waals surface area contributed by atoms with E-state index in [0.717, 1.165) is 23.5 Å². The van der Waals surface area contributed by atoms with Gasteiger partial charge in [0.1, 0.15) is 6.61 Å². The largest absolute Gasteiger partial charge is 0.485 e. The topological polar surface area (TPSA) is 98.6 Å². The Bertz CT molecular complexity index is 1250. The van der Waals surface area contributed by atoms with Gasteiger partial charge in [0.15, 0.2) is 17.2 Å². The van der Waals surface area contributed by atoms with Crippen molar-refractivity contribution in [1.29, 1.82) is 0 Å². The van der Waals surface area contributed by atoms with Crippen LogP contribution >= 0.6 is 0 Å². The van der Waals surface area contributed by atoms with Gasteiger partial charge in [0.05, 0.1) is 12.2 Å². The van der Waals surface area contributed by atoms with Gasteiger partial charge in [0.25, 0.3) is 11.8 Å². The van der Waals surface area contributed by atoms with Crippen LogP contribution in [-0.4, -0.2) is 50.7 Å². The Kier molecular flexibility index (Phi) is 5.60. The minimum atomic E-state index is -0.714. The Labute approximate surface area is 203 Å². The van der Waals surface area contributed by atoms with Crippen molar-refractivity contribution >= 4 is 11.8 Å². The number of carbonyl (C=O) groups excluding carboxylic acids is 2. The molecule has 35 heavy (non-hydrogen) atoms. The van der Waals surface area contributed by atoms with Gasteiger partial charge in [-0.1, -0.05) is 18.2 Å². The van der Waals surface area contributed by atoms with Crippen molar-refractivity contribution in [3.05, 3.63) is 71.3 Å². The maximum atomic E-state index is 13.3. The number of para-hydroxylation sites is 2. The summed E-state index contributed by atoms with van der Waals surface area (Å²) in [6, 6.07) is 12.9. The molecular weight excluding hydrogens is 446 g/mol. The van der Waals surface area contributed by atoms with E-state index < -0.39 is 6.10 Å². The zero-order valence-electron chi connectivity index (χ0n) is 19.4. The number of carbonyl (C=O) groups is 2. The monoisotopic (exact) mass is 473 g/mol. The summed E-state index contributed by atoms with van der Waals surface area (Å²) < 4.78 is 13.7. The fourth-order valence-electron chi connectivity index (χ4n) is 4.66. The molecule has 1 unspecified atom stereocenters. The molecule has 1 aromatic carbocycles. The molecule has 4 heterocycles. The molecule has 180 valence electrons. The zero-order valence-corrected chi connectivity index (χ0v) is 19.4. The predicted octanol–water partition coefficient (Wildman–Crippen LogP) is 2.34. The maximum Gasteiger partial charge on any atom is 0.272 e. The predicted molar refractivity (Wildman–Crippen MR) is 126 cm³/mol. The lowest BCUT2D eigenvalue weighted by molar-refractivity contribution is -0.142. The highest BCUT2D eigenvalue weighted by Gasteiger charge is 2.36. The molecule has 9 heteroatoms. The first-order valence-corrected chi connectivity index (χ1v) is 12.1. The molecule has 9 nitrogen and oxygen atoms in total. The summed E-state index contributed by atoms with van der Waals surface area (Å²) in [4.78, 5) is 32.5. The number of hydrogen-bond donors (Lipinski definition) is 1. The molecule has 2 aromatic heterocycles. The SMILES string of the molecule is O=C(NCc1ccccn1)c1nn(CC2CC2)c2c1CN(C(=O)C1COc3ccccc3O1)CC2. The van der Waals surface area contributed by atoms with Crippen LogP contribution in [0.1, 0.15) is 40.3 Å². The van der Waals surface area contributed by atoms with Crippen LogP contribution in [0.5, 0.6) is 11.5 Å². The number of hydrogen-bond acceptors (Lipinski definition) is 6. The molecule has 1 fully saturated rings. The molecule has 3 aromatic rings. The van der Waals surface area contributed by atoms with Crippen LogP contribution in [-0.2, 0) is 30.8 Å². The summed E-state index contributed by atoms with van der Waals surface area (Å²) in [7, 11) is 0. The van der Waals surface area contributed by atoms with Crippen LogP contribution in [0.2, 0.25) is 0 Å². The number of rotatable bonds is 6. The Morgan fingerprint density at radius 3 is 2.71 bits per heavy atom. The van der Waals surface area contributed by atoms with Gasteiger partial charge in [-0.15, -0.1) is 0 Å². The second kappa shape index (κ2) is 9.05. The number of nitrogens with zero attached hydrogens (tertiary/aromatic N) is 4. The molecule has 2 aliphatic heterocycles. The molecule has 0 saturated heterocycles. The first-order chi connectivity index (χ1) is 17.2. The third-order valence-corrected chi connectivity index (χ3v) is 6.73. The quantitative estimate of drug-likeness (QED) is 0.590. The average Bonchev–Trinajstić information content (AvgIpc) is 3.66. The van der Waals surface area contributed by atoms with E-state index in [-0.39, 0.29) is 18.4 Å². The highest BCUT2D eigenvalue weighted by Crippen LogP contribution is 2.34. The minimum absolute atomic E-state index is 0.139. The van der Waals surface area contributed by atoms with Crippen LogP contribution in [0.4, 0.5) is 0 Å². The van der Waals surface area contributed by atoms with Gasteiger partial charge in [-0.25, -0.2) is 0 Å². The lowest BCUT2D eigenvalue weighted by Gasteiger charge is -2.33.